The van der Waals surface area contributed by atoms with E-state index in [0.717, 1.165) is 16.7 Å². The lowest BCUT2D eigenvalue weighted by atomic mass is 10.2. The Morgan fingerprint density at radius 2 is 1.75 bits per heavy atom. The van der Waals surface area contributed by atoms with Crippen molar-refractivity contribution in [2.75, 3.05) is 0 Å². The first-order valence-corrected chi connectivity index (χ1v) is 6.18. The molecule has 0 atom stereocenters. The van der Waals surface area contributed by atoms with E-state index in [1.807, 2.05) is 0 Å². The zero-order valence-corrected chi connectivity index (χ0v) is 11.7. The summed E-state index contributed by atoms with van der Waals surface area (Å²) >= 11 is 11.8. The van der Waals surface area contributed by atoms with E-state index in [9.17, 15) is 14.0 Å². The van der Waals surface area contributed by atoms with Gasteiger partial charge in [0.25, 0.3) is 0 Å². The fourth-order valence-corrected chi connectivity index (χ4v) is 2.41. The van der Waals surface area contributed by atoms with Crippen LogP contribution in [0.15, 0.2) is 24.4 Å². The van der Waals surface area contributed by atoms with Crippen LogP contribution >= 0.6 is 23.2 Å². The number of Topliss-reactive ketones (excluding diaryl/α,β-unsaturated/α-hetero) is 1. The first-order chi connectivity index (χ1) is 9.31. The van der Waals surface area contributed by atoms with Crippen molar-refractivity contribution in [1.29, 1.82) is 0 Å². The molecule has 0 aliphatic heterocycles. The summed E-state index contributed by atoms with van der Waals surface area (Å²) in [6.45, 7) is 1.30. The molecule has 4 nitrogen and oxygen atoms in total. The lowest BCUT2D eigenvalue weighted by Crippen LogP contribution is -2.06. The van der Waals surface area contributed by atoms with Crippen molar-refractivity contribution in [2.45, 2.75) is 6.92 Å². The number of aromatic carboxylic acids is 1. The topological polar surface area (TPSA) is 59.3 Å². The van der Waals surface area contributed by atoms with Crippen molar-refractivity contribution in [2.24, 2.45) is 0 Å². The van der Waals surface area contributed by atoms with Crippen molar-refractivity contribution >= 4 is 35.0 Å². The molecule has 0 bridgehead atoms. The standard InChI is InChI=1S/C13H8Cl2FNO3/c1-6(18)7-2-11(13(19)20)17(5-7)12-9(14)3-8(16)4-10(12)15/h2-5H,1H3,(H,19,20). The number of hydrogen-bond donors (Lipinski definition) is 1. The van der Waals surface area contributed by atoms with Gasteiger partial charge in [-0.2, -0.15) is 0 Å². The molecule has 1 heterocycles. The maximum atomic E-state index is 13.2. The molecule has 7 heteroatoms. The van der Waals surface area contributed by atoms with Gasteiger partial charge in [0.2, 0.25) is 0 Å². The van der Waals surface area contributed by atoms with Gasteiger partial charge in [-0.1, -0.05) is 23.2 Å². The van der Waals surface area contributed by atoms with E-state index in [1.54, 1.807) is 0 Å². The van der Waals surface area contributed by atoms with Gasteiger partial charge in [0, 0.05) is 11.8 Å². The first-order valence-electron chi connectivity index (χ1n) is 5.42. The Bertz CT molecular complexity index is 701. The fourth-order valence-electron chi connectivity index (χ4n) is 1.77. The largest absolute Gasteiger partial charge is 0.477 e. The van der Waals surface area contributed by atoms with Crippen molar-refractivity contribution in [3.8, 4) is 5.69 Å². The molecule has 2 rings (SSSR count). The summed E-state index contributed by atoms with van der Waals surface area (Å²) in [5.41, 5.74) is 0.115. The molecule has 0 amide bonds. The SMILES string of the molecule is CC(=O)c1cc(C(=O)O)n(-c2c(Cl)cc(F)cc2Cl)c1. The molecule has 0 unspecified atom stereocenters. The number of nitrogens with zero attached hydrogens (tertiary/aromatic N) is 1. The van der Waals surface area contributed by atoms with Crippen LogP contribution in [-0.2, 0) is 0 Å². The summed E-state index contributed by atoms with van der Waals surface area (Å²) in [6.07, 6.45) is 1.30. The summed E-state index contributed by atoms with van der Waals surface area (Å²) in [5, 5.41) is 9.06. The minimum absolute atomic E-state index is 0.0526. The van der Waals surface area contributed by atoms with E-state index in [1.165, 1.54) is 19.2 Å². The van der Waals surface area contributed by atoms with Crippen LogP contribution in [0.2, 0.25) is 10.0 Å². The third-order valence-corrected chi connectivity index (χ3v) is 3.24. The second-order valence-electron chi connectivity index (χ2n) is 4.06. The molecule has 104 valence electrons. The highest BCUT2D eigenvalue weighted by atomic mass is 35.5. The summed E-state index contributed by atoms with van der Waals surface area (Å²) in [4.78, 5) is 22.6. The molecule has 0 aliphatic carbocycles. The fraction of sp³-hybridized carbons (Fsp3) is 0.0769. The normalized spacial score (nSPS) is 10.6. The molecule has 0 saturated heterocycles. The maximum Gasteiger partial charge on any atom is 0.352 e. The minimum atomic E-state index is -1.26. The number of carboxylic acids is 1. The zero-order valence-electron chi connectivity index (χ0n) is 10.2. The van der Waals surface area contributed by atoms with Gasteiger partial charge in [0.05, 0.1) is 15.7 Å². The number of carbonyl (C=O) groups excluding carboxylic acids is 1. The predicted molar refractivity (Wildman–Crippen MR) is 72.7 cm³/mol. The number of carbonyl (C=O) groups is 2. The lowest BCUT2D eigenvalue weighted by Gasteiger charge is -2.10. The van der Waals surface area contributed by atoms with Gasteiger partial charge in [-0.15, -0.1) is 0 Å². The van der Waals surface area contributed by atoms with Gasteiger partial charge < -0.3 is 9.67 Å². The molecule has 2 aromatic rings. The highest BCUT2D eigenvalue weighted by molar-refractivity contribution is 6.37. The Labute approximate surface area is 123 Å². The number of carboxylic acid groups (broad SMARTS) is 1. The van der Waals surface area contributed by atoms with Crippen molar-refractivity contribution in [1.82, 2.24) is 4.57 Å². The third kappa shape index (κ3) is 2.55. The molecule has 0 saturated carbocycles. The van der Waals surface area contributed by atoms with E-state index in [-0.39, 0.29) is 32.8 Å². The molecular formula is C13H8Cl2FNO3. The number of aromatic nitrogens is 1. The molecule has 1 N–H and O–H groups in total. The lowest BCUT2D eigenvalue weighted by molar-refractivity contribution is 0.0688. The van der Waals surface area contributed by atoms with Crippen LogP contribution in [-0.4, -0.2) is 21.4 Å². The van der Waals surface area contributed by atoms with Gasteiger partial charge in [0.1, 0.15) is 11.5 Å². The summed E-state index contributed by atoms with van der Waals surface area (Å²) in [5.74, 6) is -2.20. The van der Waals surface area contributed by atoms with Gasteiger partial charge in [-0.3, -0.25) is 4.79 Å². The average molecular weight is 316 g/mol. The first kappa shape index (κ1) is 14.6. The number of ketones is 1. The molecule has 0 spiro atoms. The average Bonchev–Trinajstić information content (AvgIpc) is 2.72. The second-order valence-corrected chi connectivity index (χ2v) is 4.88. The molecule has 0 radical (unpaired) electrons. The Balaban J connectivity index is 2.75. The highest BCUT2D eigenvalue weighted by Crippen LogP contribution is 2.31. The molecule has 0 fully saturated rings. The summed E-state index contributed by atoms with van der Waals surface area (Å²) in [7, 11) is 0. The van der Waals surface area contributed by atoms with E-state index in [4.69, 9.17) is 28.3 Å². The summed E-state index contributed by atoms with van der Waals surface area (Å²) in [6, 6.07) is 3.24. The Morgan fingerprint density at radius 1 is 1.20 bits per heavy atom. The maximum absolute atomic E-state index is 13.2. The molecule has 1 aromatic heterocycles. The third-order valence-electron chi connectivity index (χ3n) is 2.67. The Hall–Kier alpha value is -1.85. The number of halogens is 3. The summed E-state index contributed by atoms with van der Waals surface area (Å²) < 4.78 is 14.3. The van der Waals surface area contributed by atoms with Crippen LogP contribution in [0.25, 0.3) is 5.69 Å². The highest BCUT2D eigenvalue weighted by Gasteiger charge is 2.20. The minimum Gasteiger partial charge on any atom is -0.477 e. The smallest absolute Gasteiger partial charge is 0.352 e. The van der Waals surface area contributed by atoms with Gasteiger partial charge in [-0.05, 0) is 25.1 Å². The molecule has 20 heavy (non-hydrogen) atoms. The van der Waals surface area contributed by atoms with E-state index >= 15 is 0 Å². The molecule has 1 aromatic carbocycles. The van der Waals surface area contributed by atoms with Crippen LogP contribution in [0.4, 0.5) is 4.39 Å². The number of benzene rings is 1. The zero-order chi connectivity index (χ0) is 15.0. The van der Waals surface area contributed by atoms with Crippen molar-refractivity contribution in [3.63, 3.8) is 0 Å². The van der Waals surface area contributed by atoms with Crippen LogP contribution in [0.3, 0.4) is 0 Å². The number of hydrogen-bond acceptors (Lipinski definition) is 2. The Kier molecular flexibility index (Phi) is 3.83. The van der Waals surface area contributed by atoms with Crippen LogP contribution < -0.4 is 0 Å². The second kappa shape index (κ2) is 5.26. The van der Waals surface area contributed by atoms with Gasteiger partial charge >= 0.3 is 5.97 Å². The quantitative estimate of drug-likeness (QED) is 0.876. The van der Waals surface area contributed by atoms with Crippen LogP contribution in [0.1, 0.15) is 27.8 Å². The van der Waals surface area contributed by atoms with Crippen LogP contribution in [0, 0.1) is 5.82 Å². The van der Waals surface area contributed by atoms with Gasteiger partial charge in [0.15, 0.2) is 5.78 Å². The van der Waals surface area contributed by atoms with E-state index in [0.29, 0.717) is 0 Å². The van der Waals surface area contributed by atoms with Crippen LogP contribution in [0.5, 0.6) is 0 Å². The number of rotatable bonds is 3. The monoisotopic (exact) mass is 315 g/mol. The van der Waals surface area contributed by atoms with E-state index in [2.05, 4.69) is 0 Å². The predicted octanol–water partition coefficient (Wildman–Crippen LogP) is 3.82. The molecule has 0 aliphatic rings. The van der Waals surface area contributed by atoms with Crippen molar-refractivity contribution < 1.29 is 19.1 Å². The molecular weight excluding hydrogens is 308 g/mol. The van der Waals surface area contributed by atoms with Gasteiger partial charge in [-0.25, -0.2) is 9.18 Å². The Morgan fingerprint density at radius 3 is 2.20 bits per heavy atom. The van der Waals surface area contributed by atoms with E-state index < -0.39 is 11.8 Å². The van der Waals surface area contributed by atoms with Crippen molar-refractivity contribution in [3.05, 3.63) is 51.5 Å².